The van der Waals surface area contributed by atoms with Gasteiger partial charge in [-0.15, -0.1) is 0 Å². The molecule has 3 N–H and O–H groups in total. The number of aromatic nitrogens is 1. The standard InChI is InChI=1S/C31H36FN7O4/c1-37-15-17-38(18-16-37)24-10-13-39(14-11-24)31(42)35-28-21-25(9-12-33-28)43-27-8-7-23(20-26(27)32)34-30(41)36-29(40)19-22-5-3-2-4-6-22/h2-9,12,20-21,24H,10-11,13-19H2,1H3,(H,33,35,42)(H2,34,36,40,41). The van der Waals surface area contributed by atoms with E-state index in [1.54, 1.807) is 35.2 Å². The highest BCUT2D eigenvalue weighted by Gasteiger charge is 2.28. The number of piperazine rings is 1. The Morgan fingerprint density at radius 2 is 1.67 bits per heavy atom. The smallest absolute Gasteiger partial charge is 0.325 e. The number of pyridine rings is 1. The lowest BCUT2D eigenvalue weighted by Crippen LogP contribution is -2.53. The van der Waals surface area contributed by atoms with Gasteiger partial charge in [0.05, 0.1) is 6.42 Å². The van der Waals surface area contributed by atoms with Gasteiger partial charge in [0.2, 0.25) is 5.91 Å². The molecular formula is C31H36FN7O4. The number of piperidine rings is 1. The Balaban J connectivity index is 1.09. The van der Waals surface area contributed by atoms with Crippen LogP contribution >= 0.6 is 0 Å². The third-order valence-corrected chi connectivity index (χ3v) is 7.65. The van der Waals surface area contributed by atoms with E-state index >= 15 is 0 Å². The van der Waals surface area contributed by atoms with Crippen LogP contribution in [0.1, 0.15) is 18.4 Å². The van der Waals surface area contributed by atoms with Crippen molar-refractivity contribution in [1.29, 1.82) is 0 Å². The summed E-state index contributed by atoms with van der Waals surface area (Å²) in [5.74, 6) is -0.721. The Kier molecular flexibility index (Phi) is 9.80. The molecule has 0 spiro atoms. The van der Waals surface area contributed by atoms with Gasteiger partial charge in [-0.05, 0) is 43.7 Å². The maximum Gasteiger partial charge on any atom is 0.325 e. The molecule has 3 heterocycles. The van der Waals surface area contributed by atoms with Crippen LogP contribution in [0.5, 0.6) is 11.5 Å². The van der Waals surface area contributed by atoms with Gasteiger partial charge in [-0.2, -0.15) is 0 Å². The fraction of sp³-hybridized carbons (Fsp3) is 0.355. The molecule has 2 aliphatic rings. The van der Waals surface area contributed by atoms with E-state index in [-0.39, 0.29) is 29.6 Å². The predicted molar refractivity (Wildman–Crippen MR) is 161 cm³/mol. The zero-order valence-corrected chi connectivity index (χ0v) is 24.1. The summed E-state index contributed by atoms with van der Waals surface area (Å²) in [6.45, 7) is 5.62. The second-order valence-electron chi connectivity index (χ2n) is 10.8. The molecule has 2 aliphatic heterocycles. The summed E-state index contributed by atoms with van der Waals surface area (Å²) in [5, 5.41) is 7.48. The van der Waals surface area contributed by atoms with Crippen LogP contribution in [0.15, 0.2) is 66.9 Å². The lowest BCUT2D eigenvalue weighted by atomic mass is 10.0. The molecule has 11 nitrogen and oxygen atoms in total. The lowest BCUT2D eigenvalue weighted by molar-refractivity contribution is -0.119. The molecule has 226 valence electrons. The van der Waals surface area contributed by atoms with Crippen molar-refractivity contribution in [3.63, 3.8) is 0 Å². The number of ether oxygens (including phenoxy) is 1. The van der Waals surface area contributed by atoms with Crippen LogP contribution in [0.2, 0.25) is 0 Å². The van der Waals surface area contributed by atoms with E-state index in [2.05, 4.69) is 37.8 Å². The summed E-state index contributed by atoms with van der Waals surface area (Å²) < 4.78 is 20.5. The number of nitrogens with zero attached hydrogens (tertiary/aromatic N) is 4. The van der Waals surface area contributed by atoms with E-state index in [1.807, 2.05) is 6.07 Å². The van der Waals surface area contributed by atoms with Crippen LogP contribution in [0.25, 0.3) is 0 Å². The van der Waals surface area contributed by atoms with E-state index in [9.17, 15) is 18.8 Å². The average Bonchev–Trinajstić information content (AvgIpc) is 2.99. The number of benzene rings is 2. The molecule has 5 rings (SSSR count). The highest BCUT2D eigenvalue weighted by molar-refractivity contribution is 6.01. The Morgan fingerprint density at radius 1 is 0.930 bits per heavy atom. The highest BCUT2D eigenvalue weighted by Crippen LogP contribution is 2.28. The molecule has 12 heteroatoms. The largest absolute Gasteiger partial charge is 0.454 e. The topological polar surface area (TPSA) is 119 Å². The predicted octanol–water partition coefficient (Wildman–Crippen LogP) is 4.15. The SMILES string of the molecule is CN1CCN(C2CCN(C(=O)Nc3cc(Oc4ccc(NC(=O)NC(=O)Cc5ccccc5)cc4F)ccn3)CC2)CC1. The summed E-state index contributed by atoms with van der Waals surface area (Å²) >= 11 is 0. The monoisotopic (exact) mass is 589 g/mol. The normalized spacial score (nSPS) is 16.4. The number of hydrogen-bond acceptors (Lipinski definition) is 7. The minimum atomic E-state index is -0.771. The average molecular weight is 590 g/mol. The first-order chi connectivity index (χ1) is 20.8. The molecule has 3 aromatic rings. The quantitative estimate of drug-likeness (QED) is 0.379. The molecule has 0 bridgehead atoms. The number of rotatable bonds is 7. The zero-order chi connectivity index (χ0) is 30.2. The number of imide groups is 1. The molecule has 2 aromatic carbocycles. The molecule has 0 unspecified atom stereocenters. The van der Waals surface area contributed by atoms with E-state index in [0.717, 1.165) is 50.7 Å². The summed E-state index contributed by atoms with van der Waals surface area (Å²) in [4.78, 5) is 48.1. The molecule has 0 saturated carbocycles. The van der Waals surface area contributed by atoms with E-state index in [4.69, 9.17) is 4.74 Å². The minimum absolute atomic E-state index is 0.0409. The van der Waals surface area contributed by atoms with Crippen LogP contribution in [0.3, 0.4) is 0 Å². The van der Waals surface area contributed by atoms with Crippen LogP contribution in [-0.2, 0) is 11.2 Å². The van der Waals surface area contributed by atoms with E-state index < -0.39 is 17.8 Å². The maximum atomic E-state index is 14.8. The fourth-order valence-electron chi connectivity index (χ4n) is 5.26. The number of amides is 5. The van der Waals surface area contributed by atoms with Crippen molar-refractivity contribution in [1.82, 2.24) is 25.0 Å². The third kappa shape index (κ3) is 8.49. The number of carbonyl (C=O) groups excluding carboxylic acids is 3. The van der Waals surface area contributed by atoms with Gasteiger partial charge in [-0.25, -0.2) is 19.0 Å². The molecule has 0 radical (unpaired) electrons. The van der Waals surface area contributed by atoms with Gasteiger partial charge in [-0.3, -0.25) is 20.3 Å². The highest BCUT2D eigenvalue weighted by atomic mass is 19.1. The maximum absolute atomic E-state index is 14.8. The molecule has 1 aromatic heterocycles. The van der Waals surface area contributed by atoms with Crippen LogP contribution in [0.4, 0.5) is 25.5 Å². The summed E-state index contributed by atoms with van der Waals surface area (Å²) in [6.07, 6.45) is 3.38. The summed E-state index contributed by atoms with van der Waals surface area (Å²) in [6, 6.07) is 15.5. The Labute approximate surface area is 250 Å². The first-order valence-electron chi connectivity index (χ1n) is 14.4. The second-order valence-corrected chi connectivity index (χ2v) is 10.8. The first kappa shape index (κ1) is 29.9. The van der Waals surface area contributed by atoms with Gasteiger partial charge in [0.25, 0.3) is 0 Å². The van der Waals surface area contributed by atoms with Crippen molar-refractivity contribution in [2.24, 2.45) is 0 Å². The Hall–Kier alpha value is -4.55. The van der Waals surface area contributed by atoms with Gasteiger partial charge in [0.15, 0.2) is 11.6 Å². The van der Waals surface area contributed by atoms with Gasteiger partial charge in [-0.1, -0.05) is 30.3 Å². The first-order valence-corrected chi connectivity index (χ1v) is 14.4. The fourth-order valence-corrected chi connectivity index (χ4v) is 5.26. The summed E-state index contributed by atoms with van der Waals surface area (Å²) in [5.41, 5.74) is 0.912. The number of urea groups is 2. The third-order valence-electron chi connectivity index (χ3n) is 7.65. The van der Waals surface area contributed by atoms with E-state index in [1.165, 1.54) is 24.4 Å². The van der Waals surface area contributed by atoms with Crippen LogP contribution < -0.4 is 20.7 Å². The van der Waals surface area contributed by atoms with Gasteiger partial charge < -0.3 is 19.9 Å². The number of halogens is 1. The van der Waals surface area contributed by atoms with Gasteiger partial charge in [0.1, 0.15) is 11.6 Å². The second kappa shape index (κ2) is 14.1. The molecule has 43 heavy (non-hydrogen) atoms. The number of carbonyl (C=O) groups is 3. The number of likely N-dealkylation sites (tertiary alicyclic amines) is 1. The van der Waals surface area contributed by atoms with Crippen molar-refractivity contribution in [2.75, 3.05) is 56.9 Å². The van der Waals surface area contributed by atoms with Crippen molar-refractivity contribution in [3.8, 4) is 11.5 Å². The lowest BCUT2D eigenvalue weighted by Gasteiger charge is -2.42. The van der Waals surface area contributed by atoms with Crippen molar-refractivity contribution in [3.05, 3.63) is 78.2 Å². The number of likely N-dealkylation sites (N-methyl/N-ethyl adjacent to an activating group) is 1. The van der Waals surface area contributed by atoms with Crippen molar-refractivity contribution in [2.45, 2.75) is 25.3 Å². The zero-order valence-electron chi connectivity index (χ0n) is 24.1. The molecule has 5 amide bonds. The molecule has 0 atom stereocenters. The Bertz CT molecular complexity index is 1420. The molecule has 0 aliphatic carbocycles. The van der Waals surface area contributed by atoms with Crippen molar-refractivity contribution < 1.29 is 23.5 Å². The molecule has 2 fully saturated rings. The van der Waals surface area contributed by atoms with E-state index in [0.29, 0.717) is 24.9 Å². The Morgan fingerprint density at radius 3 is 2.40 bits per heavy atom. The number of nitrogens with one attached hydrogen (secondary N) is 3. The van der Waals surface area contributed by atoms with Crippen LogP contribution in [-0.4, -0.2) is 90.0 Å². The van der Waals surface area contributed by atoms with Crippen molar-refractivity contribution >= 4 is 29.5 Å². The summed E-state index contributed by atoms with van der Waals surface area (Å²) in [7, 11) is 2.14. The molecular weight excluding hydrogens is 553 g/mol. The minimum Gasteiger partial charge on any atom is -0.454 e. The number of anilines is 2. The number of hydrogen-bond donors (Lipinski definition) is 3. The van der Waals surface area contributed by atoms with Gasteiger partial charge >= 0.3 is 12.1 Å². The van der Waals surface area contributed by atoms with Gasteiger partial charge in [0, 0.05) is 69.3 Å². The molecule has 2 saturated heterocycles. The van der Waals surface area contributed by atoms with Crippen LogP contribution in [0, 0.1) is 5.82 Å².